The van der Waals surface area contributed by atoms with E-state index in [-0.39, 0.29) is 0 Å². The number of rotatable bonds is 8. The molecule has 16 heavy (non-hydrogen) atoms. The van der Waals surface area contributed by atoms with E-state index in [1.54, 1.807) is 12.4 Å². The van der Waals surface area contributed by atoms with Gasteiger partial charge < -0.3 is 9.47 Å². The van der Waals surface area contributed by atoms with E-state index >= 15 is 0 Å². The van der Waals surface area contributed by atoms with Crippen LogP contribution in [0.25, 0.3) is 0 Å². The SMILES string of the molecule is CCCCOCCOc1ccncc1CCl. The van der Waals surface area contributed by atoms with Crippen molar-refractivity contribution in [3.63, 3.8) is 0 Å². The topological polar surface area (TPSA) is 31.4 Å². The lowest BCUT2D eigenvalue weighted by Gasteiger charge is -2.09. The maximum atomic E-state index is 5.76. The fourth-order valence-electron chi connectivity index (χ4n) is 1.21. The molecule has 0 saturated carbocycles. The van der Waals surface area contributed by atoms with E-state index in [4.69, 9.17) is 21.1 Å². The molecule has 0 aromatic carbocycles. The highest BCUT2D eigenvalue weighted by Gasteiger charge is 2.01. The fourth-order valence-corrected chi connectivity index (χ4v) is 1.42. The quantitative estimate of drug-likeness (QED) is 0.520. The molecule has 0 fully saturated rings. The fraction of sp³-hybridized carbons (Fsp3) is 0.583. The summed E-state index contributed by atoms with van der Waals surface area (Å²) in [4.78, 5) is 3.99. The molecule has 0 aliphatic carbocycles. The van der Waals surface area contributed by atoms with Crippen LogP contribution in [0.5, 0.6) is 5.75 Å². The van der Waals surface area contributed by atoms with Crippen molar-refractivity contribution in [1.29, 1.82) is 0 Å². The average Bonchev–Trinajstić information content (AvgIpc) is 2.34. The molecule has 0 N–H and O–H groups in total. The van der Waals surface area contributed by atoms with Crippen molar-refractivity contribution in [1.82, 2.24) is 4.98 Å². The van der Waals surface area contributed by atoms with Gasteiger partial charge in [0.15, 0.2) is 0 Å². The number of hydrogen-bond acceptors (Lipinski definition) is 3. The van der Waals surface area contributed by atoms with Crippen LogP contribution in [0.3, 0.4) is 0 Å². The second-order valence-electron chi connectivity index (χ2n) is 3.43. The van der Waals surface area contributed by atoms with Crippen molar-refractivity contribution in [2.45, 2.75) is 25.6 Å². The van der Waals surface area contributed by atoms with Crippen LogP contribution in [0.4, 0.5) is 0 Å². The predicted octanol–water partition coefficient (Wildman–Crippen LogP) is 3.02. The number of halogens is 1. The molecule has 0 unspecified atom stereocenters. The minimum atomic E-state index is 0.417. The third-order valence-corrected chi connectivity index (χ3v) is 2.42. The molecule has 0 aliphatic rings. The zero-order valence-electron chi connectivity index (χ0n) is 9.62. The highest BCUT2D eigenvalue weighted by atomic mass is 35.5. The Kier molecular flexibility index (Phi) is 6.93. The van der Waals surface area contributed by atoms with Gasteiger partial charge in [-0.2, -0.15) is 0 Å². The van der Waals surface area contributed by atoms with E-state index in [0.717, 1.165) is 30.8 Å². The average molecular weight is 244 g/mol. The van der Waals surface area contributed by atoms with E-state index in [0.29, 0.717) is 19.1 Å². The van der Waals surface area contributed by atoms with Crippen molar-refractivity contribution in [3.8, 4) is 5.75 Å². The number of alkyl halides is 1. The molecular formula is C12H18ClNO2. The minimum absolute atomic E-state index is 0.417. The van der Waals surface area contributed by atoms with Gasteiger partial charge in [-0.3, -0.25) is 4.98 Å². The lowest BCUT2D eigenvalue weighted by Crippen LogP contribution is -2.08. The van der Waals surface area contributed by atoms with E-state index in [1.807, 2.05) is 6.07 Å². The summed E-state index contributed by atoms with van der Waals surface area (Å²) in [5.41, 5.74) is 0.915. The predicted molar refractivity (Wildman–Crippen MR) is 65.0 cm³/mol. The van der Waals surface area contributed by atoms with Crippen molar-refractivity contribution in [2.24, 2.45) is 0 Å². The van der Waals surface area contributed by atoms with Gasteiger partial charge in [0.25, 0.3) is 0 Å². The van der Waals surface area contributed by atoms with Gasteiger partial charge in [0.1, 0.15) is 12.4 Å². The standard InChI is InChI=1S/C12H18ClNO2/c1-2-3-6-15-7-8-16-12-4-5-14-10-11(12)9-13/h4-5,10H,2-3,6-9H2,1H3. The molecule has 0 atom stereocenters. The summed E-state index contributed by atoms with van der Waals surface area (Å²) in [6.07, 6.45) is 5.67. The Bertz CT molecular complexity index is 294. The molecule has 1 rings (SSSR count). The van der Waals surface area contributed by atoms with Crippen molar-refractivity contribution >= 4 is 11.6 Å². The summed E-state index contributed by atoms with van der Waals surface area (Å²) in [6.45, 7) is 4.11. The van der Waals surface area contributed by atoms with E-state index in [9.17, 15) is 0 Å². The Morgan fingerprint density at radius 2 is 2.19 bits per heavy atom. The van der Waals surface area contributed by atoms with Gasteiger partial charge in [-0.05, 0) is 12.5 Å². The third kappa shape index (κ3) is 4.81. The van der Waals surface area contributed by atoms with Crippen LogP contribution in [0, 0.1) is 0 Å². The van der Waals surface area contributed by atoms with E-state index in [2.05, 4.69) is 11.9 Å². The van der Waals surface area contributed by atoms with E-state index < -0.39 is 0 Å². The summed E-state index contributed by atoms with van der Waals surface area (Å²) < 4.78 is 11.0. The lowest BCUT2D eigenvalue weighted by atomic mass is 10.3. The molecule has 1 aromatic heterocycles. The number of ether oxygens (including phenoxy) is 2. The molecule has 1 heterocycles. The highest BCUT2D eigenvalue weighted by Crippen LogP contribution is 2.18. The Labute approximate surface area is 102 Å². The van der Waals surface area contributed by atoms with Gasteiger partial charge in [0.05, 0.1) is 12.5 Å². The summed E-state index contributed by atoms with van der Waals surface area (Å²) in [5, 5.41) is 0. The van der Waals surface area contributed by atoms with E-state index in [1.165, 1.54) is 0 Å². The maximum absolute atomic E-state index is 5.76. The summed E-state index contributed by atoms with van der Waals surface area (Å²) in [7, 11) is 0. The highest BCUT2D eigenvalue weighted by molar-refractivity contribution is 6.17. The number of unbranched alkanes of at least 4 members (excludes halogenated alkanes) is 1. The van der Waals surface area contributed by atoms with Crippen LogP contribution in [-0.2, 0) is 10.6 Å². The maximum Gasteiger partial charge on any atom is 0.126 e. The molecular weight excluding hydrogens is 226 g/mol. The van der Waals surface area contributed by atoms with Gasteiger partial charge in [0, 0.05) is 24.6 Å². The first-order valence-electron chi connectivity index (χ1n) is 5.58. The van der Waals surface area contributed by atoms with Gasteiger partial charge in [-0.15, -0.1) is 11.6 Å². The molecule has 3 nitrogen and oxygen atoms in total. The molecule has 0 aliphatic heterocycles. The minimum Gasteiger partial charge on any atom is -0.491 e. The van der Waals surface area contributed by atoms with Crippen LogP contribution < -0.4 is 4.74 Å². The van der Waals surface area contributed by atoms with Crippen molar-refractivity contribution in [2.75, 3.05) is 19.8 Å². The number of pyridine rings is 1. The molecule has 4 heteroatoms. The zero-order chi connectivity index (χ0) is 11.6. The molecule has 0 spiro atoms. The molecule has 1 aromatic rings. The molecule has 0 bridgehead atoms. The first kappa shape index (κ1) is 13.3. The van der Waals surface area contributed by atoms with Crippen LogP contribution in [0.2, 0.25) is 0 Å². The summed E-state index contributed by atoms with van der Waals surface area (Å²) >= 11 is 5.76. The first-order valence-corrected chi connectivity index (χ1v) is 6.11. The van der Waals surface area contributed by atoms with Gasteiger partial charge in [-0.25, -0.2) is 0 Å². The monoisotopic (exact) mass is 243 g/mol. The van der Waals surface area contributed by atoms with Crippen molar-refractivity contribution in [3.05, 3.63) is 24.0 Å². The second-order valence-corrected chi connectivity index (χ2v) is 3.70. The van der Waals surface area contributed by atoms with Gasteiger partial charge in [-0.1, -0.05) is 13.3 Å². The normalized spacial score (nSPS) is 10.4. The summed E-state index contributed by atoms with van der Waals surface area (Å²) in [5.74, 6) is 1.21. The van der Waals surface area contributed by atoms with Crippen LogP contribution in [0.1, 0.15) is 25.3 Å². The number of hydrogen-bond donors (Lipinski definition) is 0. The third-order valence-electron chi connectivity index (χ3n) is 2.13. The van der Waals surface area contributed by atoms with Crippen molar-refractivity contribution < 1.29 is 9.47 Å². The number of nitrogens with zero attached hydrogens (tertiary/aromatic N) is 1. The van der Waals surface area contributed by atoms with Gasteiger partial charge >= 0.3 is 0 Å². The molecule has 0 radical (unpaired) electrons. The smallest absolute Gasteiger partial charge is 0.126 e. The Morgan fingerprint density at radius 3 is 2.94 bits per heavy atom. The number of aromatic nitrogens is 1. The molecule has 0 amide bonds. The van der Waals surface area contributed by atoms with Gasteiger partial charge in [0.2, 0.25) is 0 Å². The Morgan fingerprint density at radius 1 is 1.31 bits per heavy atom. The largest absolute Gasteiger partial charge is 0.491 e. The Balaban J connectivity index is 2.21. The Hall–Kier alpha value is -0.800. The lowest BCUT2D eigenvalue weighted by molar-refractivity contribution is 0.0978. The first-order chi connectivity index (χ1) is 7.88. The summed E-state index contributed by atoms with van der Waals surface area (Å²) in [6, 6.07) is 1.82. The molecule has 0 saturated heterocycles. The van der Waals surface area contributed by atoms with Crippen LogP contribution >= 0.6 is 11.6 Å². The molecule has 90 valence electrons. The van der Waals surface area contributed by atoms with Crippen LogP contribution in [0.15, 0.2) is 18.5 Å². The zero-order valence-corrected chi connectivity index (χ0v) is 10.4. The second kappa shape index (κ2) is 8.36. The van der Waals surface area contributed by atoms with Crippen LogP contribution in [-0.4, -0.2) is 24.8 Å².